The van der Waals surface area contributed by atoms with Gasteiger partial charge in [0.05, 0.1) is 5.54 Å². The van der Waals surface area contributed by atoms with Gasteiger partial charge in [-0.25, -0.2) is 5.73 Å². The molecule has 0 heterocycles. The molecule has 0 spiro atoms. The van der Waals surface area contributed by atoms with Crippen LogP contribution in [0, 0.1) is 0 Å². The Morgan fingerprint density at radius 2 is 2.00 bits per heavy atom. The minimum Gasteiger partial charge on any atom is -0.298 e. The number of benzene rings is 1. The quantitative estimate of drug-likeness (QED) is 0.699. The molecule has 1 N–H and O–H groups in total. The summed E-state index contributed by atoms with van der Waals surface area (Å²) < 4.78 is 0. The van der Waals surface area contributed by atoms with Crippen LogP contribution in [0.5, 0.6) is 0 Å². The van der Waals surface area contributed by atoms with E-state index in [4.69, 9.17) is 5.73 Å². The van der Waals surface area contributed by atoms with Gasteiger partial charge in [-0.1, -0.05) is 30.3 Å². The predicted octanol–water partition coefficient (Wildman–Crippen LogP) is 2.00. The third-order valence-corrected chi connectivity index (χ3v) is 2.89. The second kappa shape index (κ2) is 3.54. The summed E-state index contributed by atoms with van der Waals surface area (Å²) in [5, 5.41) is 0. The fourth-order valence-corrected chi connectivity index (χ4v) is 2.06. The molecule has 2 rings (SSSR count). The summed E-state index contributed by atoms with van der Waals surface area (Å²) in [6.07, 6.45) is 2.78. The van der Waals surface area contributed by atoms with Crippen LogP contribution in [0.25, 0.3) is 0 Å². The maximum atomic E-state index is 11.5. The minimum atomic E-state index is -0.832. The van der Waals surface area contributed by atoms with Crippen LogP contribution in [0.4, 0.5) is 0 Å². The first kappa shape index (κ1) is 9.41. The summed E-state index contributed by atoms with van der Waals surface area (Å²) in [6.45, 7) is 0. The zero-order valence-electron chi connectivity index (χ0n) is 8.12. The van der Waals surface area contributed by atoms with Crippen LogP contribution in [0.2, 0.25) is 0 Å². The van der Waals surface area contributed by atoms with Crippen molar-refractivity contribution < 1.29 is 4.79 Å². The fourth-order valence-electron chi connectivity index (χ4n) is 2.06. The van der Waals surface area contributed by atoms with E-state index >= 15 is 0 Å². The smallest absolute Gasteiger partial charge is 0.154 e. The Labute approximate surface area is 84.1 Å². The lowest BCUT2D eigenvalue weighted by atomic mass is 9.89. The summed E-state index contributed by atoms with van der Waals surface area (Å²) in [6, 6.07) is 9.84. The second-order valence-corrected chi connectivity index (χ2v) is 4.02. The first-order chi connectivity index (χ1) is 6.71. The molecule has 1 aliphatic rings. The fraction of sp³-hybridized carbons (Fsp3) is 0.417. The van der Waals surface area contributed by atoms with E-state index in [0.29, 0.717) is 12.8 Å². The highest BCUT2D eigenvalue weighted by atomic mass is 16.1. The van der Waals surface area contributed by atoms with Crippen molar-refractivity contribution in [3.8, 4) is 0 Å². The molecule has 0 bridgehead atoms. The van der Waals surface area contributed by atoms with Crippen LogP contribution in [0.1, 0.15) is 24.8 Å². The molecule has 0 unspecified atom stereocenters. The normalized spacial score (nSPS) is 26.8. The van der Waals surface area contributed by atoms with Gasteiger partial charge in [0.15, 0.2) is 5.78 Å². The zero-order chi connectivity index (χ0) is 10.0. The molecule has 1 atom stereocenters. The van der Waals surface area contributed by atoms with E-state index in [9.17, 15) is 4.79 Å². The number of ketones is 1. The molecule has 1 aliphatic carbocycles. The summed E-state index contributed by atoms with van der Waals surface area (Å²) in [7, 11) is 0. The number of carbonyl (C=O) groups excluding carboxylic acids is 1. The lowest BCUT2D eigenvalue weighted by molar-refractivity contribution is -0.122. The maximum absolute atomic E-state index is 11.5. The lowest BCUT2D eigenvalue weighted by Gasteiger charge is -2.20. The van der Waals surface area contributed by atoms with Gasteiger partial charge >= 0.3 is 0 Å². The molecule has 14 heavy (non-hydrogen) atoms. The van der Waals surface area contributed by atoms with E-state index in [2.05, 4.69) is 0 Å². The Morgan fingerprint density at radius 1 is 1.29 bits per heavy atom. The Bertz CT molecular complexity index is 333. The number of Topliss-reactive ketones (excluding diaryl/α,β-unsaturated/α-hetero) is 1. The molecule has 1 radical (unpaired) electrons. The molecular formula is C12H14NO. The molecule has 1 fully saturated rings. The van der Waals surface area contributed by atoms with Crippen molar-refractivity contribution in [1.29, 1.82) is 0 Å². The van der Waals surface area contributed by atoms with Gasteiger partial charge in [-0.05, 0) is 24.8 Å². The van der Waals surface area contributed by atoms with Gasteiger partial charge in [0, 0.05) is 6.42 Å². The Balaban J connectivity index is 2.14. The Morgan fingerprint density at radius 3 is 2.57 bits per heavy atom. The number of rotatable bonds is 2. The number of nitrogens with one attached hydrogen (secondary N) is 1. The molecule has 0 saturated heterocycles. The maximum Gasteiger partial charge on any atom is 0.154 e. The average molecular weight is 188 g/mol. The third-order valence-electron chi connectivity index (χ3n) is 2.89. The van der Waals surface area contributed by atoms with Crippen LogP contribution in [0.15, 0.2) is 30.3 Å². The Kier molecular flexibility index (Phi) is 2.38. The standard InChI is InChI=1S/C12H14NO/c13-12(8-4-7-11(12)14)9-10-5-2-1-3-6-10/h1-3,5-6,13H,4,7-9H2/t12-/m0/s1. The van der Waals surface area contributed by atoms with Gasteiger partial charge in [-0.2, -0.15) is 0 Å². The molecule has 1 aromatic carbocycles. The van der Waals surface area contributed by atoms with Gasteiger partial charge in [-0.3, -0.25) is 4.79 Å². The zero-order valence-corrected chi connectivity index (χ0v) is 8.12. The van der Waals surface area contributed by atoms with Gasteiger partial charge in [-0.15, -0.1) is 0 Å². The number of hydrogen-bond acceptors (Lipinski definition) is 1. The van der Waals surface area contributed by atoms with Crippen LogP contribution < -0.4 is 5.73 Å². The summed E-state index contributed by atoms with van der Waals surface area (Å²) in [5.74, 6) is 0.112. The summed E-state index contributed by atoms with van der Waals surface area (Å²) >= 11 is 0. The van der Waals surface area contributed by atoms with Gasteiger partial charge in [0.25, 0.3) is 0 Å². The molecule has 0 aliphatic heterocycles. The van der Waals surface area contributed by atoms with Crippen molar-refractivity contribution >= 4 is 5.78 Å². The van der Waals surface area contributed by atoms with Crippen molar-refractivity contribution in [3.63, 3.8) is 0 Å². The lowest BCUT2D eigenvalue weighted by Crippen LogP contribution is -2.37. The van der Waals surface area contributed by atoms with E-state index in [1.54, 1.807) is 0 Å². The minimum absolute atomic E-state index is 0.112. The van der Waals surface area contributed by atoms with Crippen LogP contribution in [0.3, 0.4) is 0 Å². The molecule has 1 aromatic rings. The molecule has 73 valence electrons. The Hall–Kier alpha value is -1.15. The first-order valence-corrected chi connectivity index (χ1v) is 5.03. The van der Waals surface area contributed by atoms with Crippen LogP contribution in [-0.2, 0) is 11.2 Å². The predicted molar refractivity (Wildman–Crippen MR) is 54.8 cm³/mol. The van der Waals surface area contributed by atoms with E-state index in [1.165, 1.54) is 0 Å². The van der Waals surface area contributed by atoms with E-state index in [1.807, 2.05) is 30.3 Å². The topological polar surface area (TPSA) is 40.9 Å². The van der Waals surface area contributed by atoms with Crippen molar-refractivity contribution in [2.45, 2.75) is 31.2 Å². The first-order valence-electron chi connectivity index (χ1n) is 5.03. The van der Waals surface area contributed by atoms with Gasteiger partial charge in [0.1, 0.15) is 0 Å². The van der Waals surface area contributed by atoms with Crippen LogP contribution >= 0.6 is 0 Å². The third kappa shape index (κ3) is 1.70. The second-order valence-electron chi connectivity index (χ2n) is 4.02. The van der Waals surface area contributed by atoms with E-state index in [-0.39, 0.29) is 5.78 Å². The van der Waals surface area contributed by atoms with Crippen molar-refractivity contribution in [2.75, 3.05) is 0 Å². The summed E-state index contributed by atoms with van der Waals surface area (Å²) in [5.41, 5.74) is 8.34. The van der Waals surface area contributed by atoms with Gasteiger partial charge < -0.3 is 0 Å². The van der Waals surface area contributed by atoms with E-state index in [0.717, 1.165) is 18.4 Å². The molecular weight excluding hydrogens is 174 g/mol. The summed E-state index contributed by atoms with van der Waals surface area (Å²) in [4.78, 5) is 11.5. The number of carbonyl (C=O) groups is 1. The molecule has 0 aromatic heterocycles. The number of hydrogen-bond donors (Lipinski definition) is 0. The van der Waals surface area contributed by atoms with Crippen molar-refractivity contribution in [1.82, 2.24) is 5.73 Å². The molecule has 2 heteroatoms. The van der Waals surface area contributed by atoms with Crippen molar-refractivity contribution in [2.24, 2.45) is 0 Å². The van der Waals surface area contributed by atoms with Gasteiger partial charge in [0.2, 0.25) is 0 Å². The van der Waals surface area contributed by atoms with Crippen molar-refractivity contribution in [3.05, 3.63) is 35.9 Å². The monoisotopic (exact) mass is 188 g/mol. The molecule has 0 amide bonds. The average Bonchev–Trinajstić information content (AvgIpc) is 2.48. The highest BCUT2D eigenvalue weighted by molar-refractivity contribution is 5.90. The highest BCUT2D eigenvalue weighted by Crippen LogP contribution is 2.28. The molecule has 2 nitrogen and oxygen atoms in total. The highest BCUT2D eigenvalue weighted by Gasteiger charge is 2.38. The SMILES string of the molecule is [NH][C@]1(Cc2ccccc2)CCCC1=O. The largest absolute Gasteiger partial charge is 0.298 e. The van der Waals surface area contributed by atoms with E-state index < -0.39 is 5.54 Å². The molecule has 1 saturated carbocycles. The van der Waals surface area contributed by atoms with Crippen LogP contribution in [-0.4, -0.2) is 11.3 Å².